The van der Waals surface area contributed by atoms with Crippen LogP contribution in [0.1, 0.15) is 48.7 Å². The number of alkyl halides is 2. The van der Waals surface area contributed by atoms with Gasteiger partial charge in [0.2, 0.25) is 6.43 Å². The first-order chi connectivity index (χ1) is 14.0. The highest BCUT2D eigenvalue weighted by Gasteiger charge is 2.81. The maximum atomic E-state index is 14.5. The van der Waals surface area contributed by atoms with Crippen LogP contribution >= 0.6 is 0 Å². The van der Waals surface area contributed by atoms with Gasteiger partial charge >= 0.3 is 5.97 Å². The molecule has 0 radical (unpaired) electrons. The fourth-order valence-corrected chi connectivity index (χ4v) is 4.17. The third-order valence-corrected chi connectivity index (χ3v) is 6.09. The van der Waals surface area contributed by atoms with Gasteiger partial charge in [-0.3, -0.25) is 9.59 Å². The van der Waals surface area contributed by atoms with Gasteiger partial charge in [-0.05, 0) is 47.2 Å². The first kappa shape index (κ1) is 21.9. The van der Waals surface area contributed by atoms with Crippen LogP contribution in [0.3, 0.4) is 0 Å². The van der Waals surface area contributed by atoms with Gasteiger partial charge in [-0.15, -0.1) is 0 Å². The molecule has 30 heavy (non-hydrogen) atoms. The molecule has 1 aliphatic rings. The third kappa shape index (κ3) is 3.18. The zero-order chi connectivity index (χ0) is 22.3. The molecule has 0 amide bonds. The van der Waals surface area contributed by atoms with Crippen molar-refractivity contribution in [3.8, 4) is 5.75 Å². The Bertz CT molecular complexity index is 945. The monoisotopic (exact) mass is 416 g/mol. The molecule has 2 aromatic carbocycles. The van der Waals surface area contributed by atoms with Crippen molar-refractivity contribution < 1.29 is 27.8 Å². The van der Waals surface area contributed by atoms with Gasteiger partial charge in [0.15, 0.2) is 5.78 Å². The van der Waals surface area contributed by atoms with Crippen molar-refractivity contribution >= 4 is 11.8 Å². The first-order valence-electron chi connectivity index (χ1n) is 9.71. The predicted octanol–water partition coefficient (Wildman–Crippen LogP) is 4.94. The van der Waals surface area contributed by atoms with Gasteiger partial charge in [-0.25, -0.2) is 8.78 Å². The molecular weight excluding hydrogens is 390 g/mol. The molecule has 4 nitrogen and oxygen atoms in total. The Kier molecular flexibility index (Phi) is 5.48. The Morgan fingerprint density at radius 1 is 0.967 bits per heavy atom. The molecule has 0 saturated heterocycles. The first-order valence-corrected chi connectivity index (χ1v) is 9.71. The standard InChI is InChI=1S/C24H26F2O4/c1-22(2,3)16-8-10-17(11-9-16)23(20(25)26)14-24(23,21(28)30-5)19(27)15-6-12-18(29-4)13-7-15/h6-13,20H,14H2,1-5H3/t23-,24-/m0/s1. The number of esters is 1. The minimum absolute atomic E-state index is 0.154. The number of rotatable bonds is 6. The largest absolute Gasteiger partial charge is 0.497 e. The molecule has 0 spiro atoms. The molecule has 3 rings (SSSR count). The Labute approximate surface area is 175 Å². The summed E-state index contributed by atoms with van der Waals surface area (Å²) in [6, 6.07) is 12.8. The van der Waals surface area contributed by atoms with E-state index in [-0.39, 0.29) is 23.0 Å². The SMILES string of the molecule is COC(=O)[C@@]1(C(=O)c2ccc(OC)cc2)C[C@]1(c1ccc(C(C)(C)C)cc1)C(F)F. The van der Waals surface area contributed by atoms with E-state index < -0.39 is 29.0 Å². The van der Waals surface area contributed by atoms with Crippen molar-refractivity contribution in [2.45, 2.75) is 44.4 Å². The summed E-state index contributed by atoms with van der Waals surface area (Å²) in [5, 5.41) is 0. The zero-order valence-corrected chi connectivity index (χ0v) is 17.8. The summed E-state index contributed by atoms with van der Waals surface area (Å²) in [4.78, 5) is 26.1. The van der Waals surface area contributed by atoms with E-state index in [0.29, 0.717) is 5.75 Å². The van der Waals surface area contributed by atoms with Gasteiger partial charge in [0.25, 0.3) is 0 Å². The van der Waals surface area contributed by atoms with Crippen molar-refractivity contribution in [2.75, 3.05) is 14.2 Å². The van der Waals surface area contributed by atoms with Crippen molar-refractivity contribution in [3.05, 3.63) is 65.2 Å². The average Bonchev–Trinajstić information content (AvgIpc) is 3.45. The fourth-order valence-electron chi connectivity index (χ4n) is 4.17. The van der Waals surface area contributed by atoms with E-state index in [4.69, 9.17) is 9.47 Å². The Morgan fingerprint density at radius 3 is 1.97 bits per heavy atom. The molecular formula is C24H26F2O4. The Hall–Kier alpha value is -2.76. The quantitative estimate of drug-likeness (QED) is 0.380. The van der Waals surface area contributed by atoms with Gasteiger partial charge in [-0.1, -0.05) is 45.0 Å². The van der Waals surface area contributed by atoms with Gasteiger partial charge in [0.05, 0.1) is 19.6 Å². The van der Waals surface area contributed by atoms with Crippen LogP contribution in [-0.4, -0.2) is 32.4 Å². The minimum Gasteiger partial charge on any atom is -0.497 e. The molecule has 0 N–H and O–H groups in total. The lowest BCUT2D eigenvalue weighted by Gasteiger charge is -2.25. The van der Waals surface area contributed by atoms with E-state index in [1.807, 2.05) is 20.8 Å². The number of hydrogen-bond donors (Lipinski definition) is 0. The molecule has 1 aliphatic carbocycles. The number of ether oxygens (including phenoxy) is 2. The number of halogens is 2. The van der Waals surface area contributed by atoms with Gasteiger partial charge in [-0.2, -0.15) is 0 Å². The normalized spacial score (nSPS) is 23.2. The van der Waals surface area contributed by atoms with Crippen LogP contribution < -0.4 is 4.74 Å². The predicted molar refractivity (Wildman–Crippen MR) is 109 cm³/mol. The molecule has 0 heterocycles. The lowest BCUT2D eigenvalue weighted by atomic mass is 9.79. The Balaban J connectivity index is 2.10. The number of methoxy groups -OCH3 is 2. The highest BCUT2D eigenvalue weighted by atomic mass is 19.3. The van der Waals surface area contributed by atoms with E-state index >= 15 is 0 Å². The van der Waals surface area contributed by atoms with Crippen LogP contribution in [0.2, 0.25) is 0 Å². The molecule has 1 fully saturated rings. The van der Waals surface area contributed by atoms with E-state index in [9.17, 15) is 18.4 Å². The van der Waals surface area contributed by atoms with Crippen LogP contribution in [0.15, 0.2) is 48.5 Å². The maximum Gasteiger partial charge on any atom is 0.320 e. The van der Waals surface area contributed by atoms with Crippen molar-refractivity contribution in [3.63, 3.8) is 0 Å². The second kappa shape index (κ2) is 7.49. The second-order valence-corrected chi connectivity index (χ2v) is 8.73. The van der Waals surface area contributed by atoms with E-state index in [0.717, 1.165) is 12.7 Å². The highest BCUT2D eigenvalue weighted by molar-refractivity contribution is 6.17. The molecule has 6 heteroatoms. The lowest BCUT2D eigenvalue weighted by molar-refractivity contribution is -0.146. The van der Waals surface area contributed by atoms with Crippen LogP contribution in [0.4, 0.5) is 8.78 Å². The molecule has 1 saturated carbocycles. The molecule has 0 unspecified atom stereocenters. The van der Waals surface area contributed by atoms with E-state index in [2.05, 4.69) is 0 Å². The summed E-state index contributed by atoms with van der Waals surface area (Å²) < 4.78 is 38.9. The highest BCUT2D eigenvalue weighted by Crippen LogP contribution is 2.69. The van der Waals surface area contributed by atoms with Crippen LogP contribution in [0.25, 0.3) is 0 Å². The van der Waals surface area contributed by atoms with Crippen LogP contribution in [0, 0.1) is 5.41 Å². The molecule has 0 bridgehead atoms. The topological polar surface area (TPSA) is 52.6 Å². The fraction of sp³-hybridized carbons (Fsp3) is 0.417. The maximum absolute atomic E-state index is 14.5. The summed E-state index contributed by atoms with van der Waals surface area (Å²) in [6.45, 7) is 6.07. The number of Topliss-reactive ketones (excluding diaryl/α,β-unsaturated/α-hetero) is 1. The summed E-state index contributed by atoms with van der Waals surface area (Å²) in [6.07, 6.45) is -3.22. The third-order valence-electron chi connectivity index (χ3n) is 6.09. The van der Waals surface area contributed by atoms with E-state index in [1.165, 1.54) is 19.2 Å². The van der Waals surface area contributed by atoms with Gasteiger partial charge < -0.3 is 9.47 Å². The van der Waals surface area contributed by atoms with Gasteiger partial charge in [0.1, 0.15) is 11.2 Å². The molecule has 2 aromatic rings. The summed E-state index contributed by atoms with van der Waals surface area (Å²) >= 11 is 0. The van der Waals surface area contributed by atoms with Crippen molar-refractivity contribution in [2.24, 2.45) is 5.41 Å². The Morgan fingerprint density at radius 2 is 1.53 bits per heavy atom. The molecule has 160 valence electrons. The zero-order valence-electron chi connectivity index (χ0n) is 17.8. The average molecular weight is 416 g/mol. The van der Waals surface area contributed by atoms with Crippen LogP contribution in [-0.2, 0) is 20.4 Å². The number of carbonyl (C=O) groups is 2. The summed E-state index contributed by atoms with van der Waals surface area (Å²) in [5.41, 5.74) is -2.64. The second-order valence-electron chi connectivity index (χ2n) is 8.73. The van der Waals surface area contributed by atoms with Crippen LogP contribution in [0.5, 0.6) is 5.75 Å². The molecule has 0 aliphatic heterocycles. The number of carbonyl (C=O) groups excluding carboxylic acids is 2. The number of benzene rings is 2. The lowest BCUT2D eigenvalue weighted by Crippen LogP contribution is -2.39. The molecule has 2 atom stereocenters. The molecule has 0 aromatic heterocycles. The van der Waals surface area contributed by atoms with E-state index in [1.54, 1.807) is 36.4 Å². The van der Waals surface area contributed by atoms with Crippen molar-refractivity contribution in [1.82, 2.24) is 0 Å². The summed E-state index contributed by atoms with van der Waals surface area (Å²) in [5.74, 6) is -1.09. The smallest absolute Gasteiger partial charge is 0.320 e. The minimum atomic E-state index is -2.92. The number of ketones is 1. The number of hydrogen-bond acceptors (Lipinski definition) is 4. The van der Waals surface area contributed by atoms with Crippen molar-refractivity contribution in [1.29, 1.82) is 0 Å². The summed E-state index contributed by atoms with van der Waals surface area (Å²) in [7, 11) is 2.60. The van der Waals surface area contributed by atoms with Gasteiger partial charge in [0, 0.05) is 5.56 Å².